The first kappa shape index (κ1) is 21.9. The zero-order chi connectivity index (χ0) is 19.2. The summed E-state index contributed by atoms with van der Waals surface area (Å²) < 4.78 is 13.3. The van der Waals surface area contributed by atoms with Crippen LogP contribution in [0, 0.1) is 5.82 Å². The minimum Gasteiger partial charge on any atom is -0.362 e. The van der Waals surface area contributed by atoms with Gasteiger partial charge in [0, 0.05) is 63.1 Å². The van der Waals surface area contributed by atoms with Crippen LogP contribution in [0.5, 0.6) is 0 Å². The fourth-order valence-corrected chi connectivity index (χ4v) is 3.05. The first-order valence-electron chi connectivity index (χ1n) is 8.89. The molecule has 2 aromatic heterocycles. The van der Waals surface area contributed by atoms with Crippen LogP contribution in [0.3, 0.4) is 0 Å². The minimum atomic E-state index is -0.230. The van der Waals surface area contributed by atoms with Crippen LogP contribution in [0.15, 0.2) is 47.7 Å². The first-order chi connectivity index (χ1) is 13.1. The van der Waals surface area contributed by atoms with Crippen molar-refractivity contribution in [3.8, 4) is 0 Å². The molecule has 8 heteroatoms. The smallest absolute Gasteiger partial charge is 0.191 e. The van der Waals surface area contributed by atoms with Crippen molar-refractivity contribution in [2.75, 3.05) is 32.6 Å². The molecule has 0 saturated carbocycles. The monoisotopic (exact) mass is 496 g/mol. The van der Waals surface area contributed by atoms with E-state index in [-0.39, 0.29) is 29.8 Å². The number of nitrogens with one attached hydrogen (secondary N) is 3. The number of benzene rings is 1. The Morgan fingerprint density at radius 3 is 2.79 bits per heavy atom. The third kappa shape index (κ3) is 5.34. The molecule has 2 heterocycles. The van der Waals surface area contributed by atoms with Crippen LogP contribution in [-0.2, 0) is 13.0 Å². The van der Waals surface area contributed by atoms with Gasteiger partial charge in [-0.2, -0.15) is 0 Å². The average Bonchev–Trinajstić information content (AvgIpc) is 3.06. The van der Waals surface area contributed by atoms with E-state index >= 15 is 0 Å². The number of aromatic nitrogens is 2. The lowest BCUT2D eigenvalue weighted by atomic mass is 10.1. The van der Waals surface area contributed by atoms with Gasteiger partial charge in [-0.15, -0.1) is 24.0 Å². The maximum absolute atomic E-state index is 13.3. The standard InChI is InChI=1S/C20H25FN6.HI/c1-22-20(26-13-15-5-4-9-23-19(15)27(2)3)24-10-8-14-12-25-18-11-16(21)6-7-17(14)18;/h4-7,9,11-12,25H,8,10,13H2,1-3H3,(H2,22,24,26);1H. The van der Waals surface area contributed by atoms with E-state index in [0.717, 1.165) is 46.8 Å². The van der Waals surface area contributed by atoms with Gasteiger partial charge in [-0.05, 0) is 36.2 Å². The van der Waals surface area contributed by atoms with E-state index < -0.39 is 0 Å². The number of hydrogen-bond donors (Lipinski definition) is 3. The van der Waals surface area contributed by atoms with Crippen molar-refractivity contribution in [1.82, 2.24) is 20.6 Å². The van der Waals surface area contributed by atoms with Crippen LogP contribution in [-0.4, -0.2) is 43.6 Å². The number of anilines is 1. The van der Waals surface area contributed by atoms with Crippen molar-refractivity contribution in [2.24, 2.45) is 4.99 Å². The average molecular weight is 496 g/mol. The molecule has 3 N–H and O–H groups in total. The number of hydrogen-bond acceptors (Lipinski definition) is 3. The third-order valence-corrected chi connectivity index (χ3v) is 4.38. The summed E-state index contributed by atoms with van der Waals surface area (Å²) >= 11 is 0. The summed E-state index contributed by atoms with van der Waals surface area (Å²) in [7, 11) is 5.71. The van der Waals surface area contributed by atoms with Gasteiger partial charge in [-0.25, -0.2) is 9.37 Å². The highest BCUT2D eigenvalue weighted by molar-refractivity contribution is 14.0. The summed E-state index contributed by atoms with van der Waals surface area (Å²) in [5.41, 5.74) is 3.07. The molecule has 0 spiro atoms. The van der Waals surface area contributed by atoms with Crippen molar-refractivity contribution in [3.05, 3.63) is 59.7 Å². The molecule has 0 unspecified atom stereocenters. The van der Waals surface area contributed by atoms with E-state index in [1.54, 1.807) is 13.2 Å². The molecule has 150 valence electrons. The number of aromatic amines is 1. The number of halogens is 2. The van der Waals surface area contributed by atoms with Crippen LogP contribution >= 0.6 is 24.0 Å². The second-order valence-electron chi connectivity index (χ2n) is 6.49. The molecular formula is C20H26FIN6. The van der Waals surface area contributed by atoms with Gasteiger partial charge in [0.25, 0.3) is 0 Å². The lowest BCUT2D eigenvalue weighted by Gasteiger charge is -2.17. The Balaban J connectivity index is 0.00000280. The molecule has 0 radical (unpaired) electrons. The molecule has 3 aromatic rings. The Bertz CT molecular complexity index is 937. The molecule has 0 fully saturated rings. The number of H-pyrrole nitrogens is 1. The zero-order valence-electron chi connectivity index (χ0n) is 16.3. The van der Waals surface area contributed by atoms with Gasteiger partial charge in [-0.3, -0.25) is 4.99 Å². The normalized spacial score (nSPS) is 11.2. The molecular weight excluding hydrogens is 470 g/mol. The third-order valence-electron chi connectivity index (χ3n) is 4.38. The van der Waals surface area contributed by atoms with Crippen molar-refractivity contribution >= 4 is 46.7 Å². The Hall–Kier alpha value is -2.36. The predicted octanol–water partition coefficient (Wildman–Crippen LogP) is 3.29. The molecule has 0 aliphatic carbocycles. The van der Waals surface area contributed by atoms with Crippen molar-refractivity contribution < 1.29 is 4.39 Å². The van der Waals surface area contributed by atoms with Crippen molar-refractivity contribution in [1.29, 1.82) is 0 Å². The van der Waals surface area contributed by atoms with E-state index in [4.69, 9.17) is 0 Å². The van der Waals surface area contributed by atoms with Crippen LogP contribution < -0.4 is 15.5 Å². The Morgan fingerprint density at radius 1 is 1.21 bits per heavy atom. The predicted molar refractivity (Wildman–Crippen MR) is 124 cm³/mol. The highest BCUT2D eigenvalue weighted by atomic mass is 127. The molecule has 0 atom stereocenters. The number of nitrogens with zero attached hydrogens (tertiary/aromatic N) is 3. The highest BCUT2D eigenvalue weighted by Crippen LogP contribution is 2.19. The topological polar surface area (TPSA) is 68.3 Å². The summed E-state index contributed by atoms with van der Waals surface area (Å²) in [5, 5.41) is 7.69. The lowest BCUT2D eigenvalue weighted by molar-refractivity contribution is 0.629. The SMILES string of the molecule is CN=C(NCCc1c[nH]c2cc(F)ccc12)NCc1cccnc1N(C)C.I. The van der Waals surface area contributed by atoms with Crippen LogP contribution in [0.1, 0.15) is 11.1 Å². The second-order valence-corrected chi connectivity index (χ2v) is 6.49. The fourth-order valence-electron chi connectivity index (χ4n) is 3.05. The summed E-state index contributed by atoms with van der Waals surface area (Å²) in [6.07, 6.45) is 4.53. The molecule has 0 saturated heterocycles. The highest BCUT2D eigenvalue weighted by Gasteiger charge is 2.07. The molecule has 6 nitrogen and oxygen atoms in total. The van der Waals surface area contributed by atoms with Crippen molar-refractivity contribution in [2.45, 2.75) is 13.0 Å². The number of pyridine rings is 1. The van der Waals surface area contributed by atoms with Gasteiger partial charge >= 0.3 is 0 Å². The maximum Gasteiger partial charge on any atom is 0.191 e. The molecule has 0 aliphatic rings. The van der Waals surface area contributed by atoms with Gasteiger partial charge < -0.3 is 20.5 Å². The van der Waals surface area contributed by atoms with E-state index in [1.165, 1.54) is 12.1 Å². The zero-order valence-corrected chi connectivity index (χ0v) is 18.6. The number of guanidine groups is 1. The molecule has 0 aliphatic heterocycles. The van der Waals surface area contributed by atoms with Gasteiger partial charge in [0.05, 0.1) is 0 Å². The Labute approximate surface area is 181 Å². The van der Waals surface area contributed by atoms with E-state index in [9.17, 15) is 4.39 Å². The molecule has 1 aromatic carbocycles. The molecule has 0 amide bonds. The molecule has 28 heavy (non-hydrogen) atoms. The quantitative estimate of drug-likeness (QED) is 0.279. The number of rotatable bonds is 6. The number of aliphatic imine (C=N–C) groups is 1. The Kier molecular flexibility index (Phi) is 8.04. The lowest BCUT2D eigenvalue weighted by Crippen LogP contribution is -2.38. The van der Waals surface area contributed by atoms with Gasteiger partial charge in [0.15, 0.2) is 5.96 Å². The van der Waals surface area contributed by atoms with E-state index in [1.807, 2.05) is 43.4 Å². The summed E-state index contributed by atoms with van der Waals surface area (Å²) in [6.45, 7) is 1.35. The summed E-state index contributed by atoms with van der Waals surface area (Å²) in [4.78, 5) is 13.8. The van der Waals surface area contributed by atoms with E-state index in [0.29, 0.717) is 6.54 Å². The molecule has 0 bridgehead atoms. The van der Waals surface area contributed by atoms with Gasteiger partial charge in [0.1, 0.15) is 11.6 Å². The van der Waals surface area contributed by atoms with Gasteiger partial charge in [-0.1, -0.05) is 6.07 Å². The fraction of sp³-hybridized carbons (Fsp3) is 0.300. The largest absolute Gasteiger partial charge is 0.362 e. The van der Waals surface area contributed by atoms with E-state index in [2.05, 4.69) is 25.6 Å². The van der Waals surface area contributed by atoms with Crippen molar-refractivity contribution in [3.63, 3.8) is 0 Å². The van der Waals surface area contributed by atoms with Gasteiger partial charge in [0.2, 0.25) is 0 Å². The van der Waals surface area contributed by atoms with Crippen LogP contribution in [0.2, 0.25) is 0 Å². The molecule has 3 rings (SSSR count). The summed E-state index contributed by atoms with van der Waals surface area (Å²) in [5.74, 6) is 1.44. The first-order valence-corrected chi connectivity index (χ1v) is 8.89. The number of fused-ring (bicyclic) bond motifs is 1. The van der Waals surface area contributed by atoms with Crippen LogP contribution in [0.25, 0.3) is 10.9 Å². The summed E-state index contributed by atoms with van der Waals surface area (Å²) in [6, 6.07) is 8.80. The second kappa shape index (κ2) is 10.3. The minimum absolute atomic E-state index is 0. The Morgan fingerprint density at radius 2 is 2.04 bits per heavy atom. The van der Waals surface area contributed by atoms with Crippen LogP contribution in [0.4, 0.5) is 10.2 Å². The maximum atomic E-state index is 13.3.